The number of benzene rings is 1. The van der Waals surface area contributed by atoms with Crippen molar-refractivity contribution in [3.05, 3.63) is 36.0 Å². The Kier molecular flexibility index (Phi) is 1.13. The molecule has 0 fully saturated rings. The van der Waals surface area contributed by atoms with Gasteiger partial charge in [0.25, 0.3) is 0 Å². The lowest BCUT2D eigenvalue weighted by Gasteiger charge is -1.85. The van der Waals surface area contributed by atoms with Gasteiger partial charge in [0.15, 0.2) is 0 Å². The first-order valence-corrected chi connectivity index (χ1v) is 4.31. The zero-order chi connectivity index (χ0) is 8.84. The van der Waals surface area contributed by atoms with Gasteiger partial charge in [-0.25, -0.2) is 0 Å². The summed E-state index contributed by atoms with van der Waals surface area (Å²) in [6, 6.07) is 10.2. The molecule has 0 aliphatic heterocycles. The summed E-state index contributed by atoms with van der Waals surface area (Å²) >= 11 is 0. The van der Waals surface area contributed by atoms with Gasteiger partial charge >= 0.3 is 0 Å². The van der Waals surface area contributed by atoms with E-state index in [9.17, 15) is 0 Å². The highest BCUT2D eigenvalue weighted by Crippen LogP contribution is 2.28. The fraction of sp³-hybridized carbons (Fsp3) is 0.0909. The molecule has 2 heterocycles. The van der Waals surface area contributed by atoms with Gasteiger partial charge in [-0.15, -0.1) is 0 Å². The molecule has 3 rings (SSSR count). The van der Waals surface area contributed by atoms with Gasteiger partial charge in [0.2, 0.25) is 5.71 Å². The Hall–Kier alpha value is -1.70. The molecule has 1 aromatic carbocycles. The maximum absolute atomic E-state index is 5.62. The number of rotatable bonds is 0. The molecular formula is C11H9NO. The Labute approximate surface area is 75.2 Å². The fourth-order valence-corrected chi connectivity index (χ4v) is 1.73. The SMILES string of the molecule is Cc1cc2c([nH]1)oc1ccccc12. The number of fused-ring (bicyclic) bond motifs is 3. The van der Waals surface area contributed by atoms with Crippen molar-refractivity contribution in [1.82, 2.24) is 4.98 Å². The largest absolute Gasteiger partial charge is 0.440 e. The van der Waals surface area contributed by atoms with Crippen LogP contribution in [0.5, 0.6) is 0 Å². The van der Waals surface area contributed by atoms with Crippen LogP contribution in [0.4, 0.5) is 0 Å². The highest BCUT2D eigenvalue weighted by molar-refractivity contribution is 6.04. The summed E-state index contributed by atoms with van der Waals surface area (Å²) < 4.78 is 5.62. The topological polar surface area (TPSA) is 28.9 Å². The minimum atomic E-state index is 0.874. The van der Waals surface area contributed by atoms with Gasteiger partial charge in [-0.2, -0.15) is 0 Å². The molecule has 2 nitrogen and oxygen atoms in total. The molecule has 64 valence electrons. The van der Waals surface area contributed by atoms with Gasteiger partial charge in [0.05, 0.1) is 0 Å². The van der Waals surface area contributed by atoms with Crippen molar-refractivity contribution in [2.45, 2.75) is 6.92 Å². The molecule has 13 heavy (non-hydrogen) atoms. The van der Waals surface area contributed by atoms with Gasteiger partial charge < -0.3 is 9.40 Å². The van der Waals surface area contributed by atoms with E-state index in [2.05, 4.69) is 17.1 Å². The summed E-state index contributed by atoms with van der Waals surface area (Å²) in [6.45, 7) is 2.03. The van der Waals surface area contributed by atoms with E-state index in [1.807, 2.05) is 25.1 Å². The maximum atomic E-state index is 5.62. The number of aryl methyl sites for hydroxylation is 1. The summed E-state index contributed by atoms with van der Waals surface area (Å²) in [6.07, 6.45) is 0. The smallest absolute Gasteiger partial charge is 0.205 e. The lowest BCUT2D eigenvalue weighted by Crippen LogP contribution is -1.65. The van der Waals surface area contributed by atoms with E-state index < -0.39 is 0 Å². The number of para-hydroxylation sites is 1. The highest BCUT2D eigenvalue weighted by Gasteiger charge is 2.07. The van der Waals surface area contributed by atoms with E-state index >= 15 is 0 Å². The van der Waals surface area contributed by atoms with E-state index in [1.54, 1.807) is 0 Å². The Balaban J connectivity index is 2.60. The van der Waals surface area contributed by atoms with Crippen LogP contribution in [0, 0.1) is 6.92 Å². The number of hydrogen-bond acceptors (Lipinski definition) is 1. The normalized spacial score (nSPS) is 11.5. The zero-order valence-electron chi connectivity index (χ0n) is 7.29. The lowest BCUT2D eigenvalue weighted by molar-refractivity contribution is 0.655. The summed E-state index contributed by atoms with van der Waals surface area (Å²) in [7, 11) is 0. The second-order valence-electron chi connectivity index (χ2n) is 3.29. The first-order valence-electron chi connectivity index (χ1n) is 4.31. The minimum Gasteiger partial charge on any atom is -0.440 e. The Morgan fingerprint density at radius 3 is 2.92 bits per heavy atom. The van der Waals surface area contributed by atoms with E-state index in [-0.39, 0.29) is 0 Å². The van der Waals surface area contributed by atoms with E-state index in [1.165, 1.54) is 10.8 Å². The third-order valence-electron chi connectivity index (χ3n) is 2.31. The van der Waals surface area contributed by atoms with Crippen molar-refractivity contribution in [3.8, 4) is 0 Å². The van der Waals surface area contributed by atoms with Crippen LogP contribution >= 0.6 is 0 Å². The van der Waals surface area contributed by atoms with Crippen molar-refractivity contribution in [2.75, 3.05) is 0 Å². The molecule has 0 bridgehead atoms. The molecule has 1 N–H and O–H groups in total. The summed E-state index contributed by atoms with van der Waals surface area (Å²) in [5.74, 6) is 0. The van der Waals surface area contributed by atoms with Crippen LogP contribution in [0.15, 0.2) is 34.7 Å². The highest BCUT2D eigenvalue weighted by atomic mass is 16.3. The van der Waals surface area contributed by atoms with Crippen LogP contribution in [-0.2, 0) is 0 Å². The third kappa shape index (κ3) is 0.827. The first-order chi connectivity index (χ1) is 6.34. The van der Waals surface area contributed by atoms with E-state index in [0.717, 1.165) is 17.0 Å². The second kappa shape index (κ2) is 2.16. The average Bonchev–Trinajstić information content (AvgIpc) is 2.60. The molecule has 0 unspecified atom stereocenters. The van der Waals surface area contributed by atoms with Crippen LogP contribution in [-0.4, -0.2) is 4.98 Å². The van der Waals surface area contributed by atoms with Gasteiger partial charge in [-0.05, 0) is 19.1 Å². The first kappa shape index (κ1) is 6.78. The summed E-state index contributed by atoms with van der Waals surface area (Å²) in [4.78, 5) is 3.18. The summed E-state index contributed by atoms with van der Waals surface area (Å²) in [5.41, 5.74) is 2.96. The van der Waals surface area contributed by atoms with Crippen LogP contribution in [0.3, 0.4) is 0 Å². The number of furan rings is 1. The Bertz CT molecular complexity index is 574. The molecule has 2 aromatic heterocycles. The molecule has 0 amide bonds. The number of nitrogens with one attached hydrogen (secondary N) is 1. The zero-order valence-corrected chi connectivity index (χ0v) is 7.29. The van der Waals surface area contributed by atoms with Gasteiger partial charge in [-0.3, -0.25) is 0 Å². The number of aromatic amines is 1. The maximum Gasteiger partial charge on any atom is 0.205 e. The molecule has 0 saturated heterocycles. The molecular weight excluding hydrogens is 162 g/mol. The molecule has 0 atom stereocenters. The van der Waals surface area contributed by atoms with Crippen LogP contribution < -0.4 is 0 Å². The van der Waals surface area contributed by atoms with Crippen molar-refractivity contribution in [3.63, 3.8) is 0 Å². The minimum absolute atomic E-state index is 0.874. The van der Waals surface area contributed by atoms with Gasteiger partial charge in [0, 0.05) is 16.5 Å². The number of aromatic nitrogens is 1. The Morgan fingerprint density at radius 2 is 2.00 bits per heavy atom. The van der Waals surface area contributed by atoms with Crippen molar-refractivity contribution < 1.29 is 4.42 Å². The fourth-order valence-electron chi connectivity index (χ4n) is 1.73. The predicted molar refractivity (Wildman–Crippen MR) is 52.8 cm³/mol. The van der Waals surface area contributed by atoms with Crippen molar-refractivity contribution in [2.24, 2.45) is 0 Å². The number of hydrogen-bond donors (Lipinski definition) is 1. The average molecular weight is 171 g/mol. The standard InChI is InChI=1S/C11H9NO/c1-7-6-9-8-4-2-3-5-10(8)13-11(9)12-7/h2-6,12H,1H3. The molecule has 2 heteroatoms. The van der Waals surface area contributed by atoms with E-state index in [4.69, 9.17) is 4.42 Å². The van der Waals surface area contributed by atoms with Crippen LogP contribution in [0.2, 0.25) is 0 Å². The molecule has 0 radical (unpaired) electrons. The van der Waals surface area contributed by atoms with E-state index in [0.29, 0.717) is 0 Å². The third-order valence-corrected chi connectivity index (χ3v) is 2.31. The molecule has 3 aromatic rings. The van der Waals surface area contributed by atoms with Crippen LogP contribution in [0.25, 0.3) is 22.1 Å². The molecule has 0 saturated carbocycles. The van der Waals surface area contributed by atoms with Crippen LogP contribution in [0.1, 0.15) is 5.69 Å². The predicted octanol–water partition coefficient (Wildman–Crippen LogP) is 3.22. The lowest BCUT2D eigenvalue weighted by atomic mass is 10.2. The van der Waals surface area contributed by atoms with Gasteiger partial charge in [0.1, 0.15) is 5.58 Å². The molecule has 0 aliphatic rings. The Morgan fingerprint density at radius 1 is 1.15 bits per heavy atom. The van der Waals surface area contributed by atoms with Gasteiger partial charge in [-0.1, -0.05) is 18.2 Å². The van der Waals surface area contributed by atoms with Crippen molar-refractivity contribution in [1.29, 1.82) is 0 Å². The second-order valence-corrected chi connectivity index (χ2v) is 3.29. The molecule has 0 aliphatic carbocycles. The quantitative estimate of drug-likeness (QED) is 0.552. The number of H-pyrrole nitrogens is 1. The molecule has 0 spiro atoms. The van der Waals surface area contributed by atoms with Crippen molar-refractivity contribution >= 4 is 22.1 Å². The summed E-state index contributed by atoms with van der Waals surface area (Å²) in [5, 5.41) is 2.36. The monoisotopic (exact) mass is 171 g/mol.